The highest BCUT2D eigenvalue weighted by Crippen LogP contribution is 2.46. The molecule has 0 aliphatic heterocycles. The van der Waals surface area contributed by atoms with Gasteiger partial charge in [-0.2, -0.15) is 0 Å². The number of hydrogen-bond acceptors (Lipinski definition) is 5. The summed E-state index contributed by atoms with van der Waals surface area (Å²) in [5, 5.41) is 0. The molecule has 0 aromatic heterocycles. The zero-order chi connectivity index (χ0) is 18.2. The van der Waals surface area contributed by atoms with E-state index in [2.05, 4.69) is 0 Å². The summed E-state index contributed by atoms with van der Waals surface area (Å²) in [6.45, 7) is 9.90. The number of benzene rings is 1. The van der Waals surface area contributed by atoms with Gasteiger partial charge in [0.15, 0.2) is 11.2 Å². The van der Waals surface area contributed by atoms with Gasteiger partial charge in [0.2, 0.25) is 5.60 Å². The molecule has 24 heavy (non-hydrogen) atoms. The summed E-state index contributed by atoms with van der Waals surface area (Å²) in [5.74, 6) is -0.399. The summed E-state index contributed by atoms with van der Waals surface area (Å²) in [4.78, 5) is 13.6. The zero-order valence-corrected chi connectivity index (χ0v) is 16.9. The molecule has 134 valence electrons. The van der Waals surface area contributed by atoms with Crippen molar-refractivity contribution in [3.8, 4) is 0 Å². The summed E-state index contributed by atoms with van der Waals surface area (Å²) in [5.41, 5.74) is -1.14. The third-order valence-electron chi connectivity index (χ3n) is 3.73. The Morgan fingerprint density at radius 2 is 1.83 bits per heavy atom. The van der Waals surface area contributed by atoms with Gasteiger partial charge in [0.05, 0.1) is 6.61 Å². The van der Waals surface area contributed by atoms with Crippen molar-refractivity contribution in [2.24, 2.45) is 5.92 Å². The van der Waals surface area contributed by atoms with Crippen molar-refractivity contribution in [1.82, 2.24) is 0 Å². The van der Waals surface area contributed by atoms with Crippen LogP contribution in [0.2, 0.25) is 0 Å². The van der Waals surface area contributed by atoms with E-state index in [0.29, 0.717) is 12.1 Å². The van der Waals surface area contributed by atoms with Crippen molar-refractivity contribution >= 4 is 25.5 Å². The van der Waals surface area contributed by atoms with Gasteiger partial charge in [-0.1, -0.05) is 48.4 Å². The molecule has 0 bridgehead atoms. The van der Waals surface area contributed by atoms with Crippen LogP contribution in [0.4, 0.5) is 0 Å². The Morgan fingerprint density at radius 3 is 2.33 bits per heavy atom. The smallest absolute Gasteiger partial charge is 0.356 e. The number of carbonyl (C=O) groups excluding carboxylic acids is 1. The highest BCUT2D eigenvalue weighted by atomic mass is 32.2. The fourth-order valence-electron chi connectivity index (χ4n) is 2.82. The quantitative estimate of drug-likeness (QED) is 0.331. The first-order valence-electron chi connectivity index (χ1n) is 8.29. The van der Waals surface area contributed by atoms with E-state index in [0.717, 1.165) is 4.90 Å². The number of hydrogen-bond donors (Lipinski definition) is 0. The van der Waals surface area contributed by atoms with Gasteiger partial charge in [-0.05, 0) is 32.9 Å². The Bertz CT molecular complexity index is 535. The van der Waals surface area contributed by atoms with Crippen LogP contribution >= 0.6 is 19.6 Å². The Hall–Kier alpha value is -0.900. The van der Waals surface area contributed by atoms with Crippen LogP contribution in [0.15, 0.2) is 35.2 Å². The lowest BCUT2D eigenvalue weighted by atomic mass is 9.93. The van der Waals surface area contributed by atoms with Crippen molar-refractivity contribution in [3.05, 3.63) is 30.3 Å². The minimum absolute atomic E-state index is 0.0333. The monoisotopic (exact) mass is 371 g/mol. The Kier molecular flexibility index (Phi) is 8.96. The lowest BCUT2D eigenvalue weighted by Gasteiger charge is -2.31. The molecule has 3 unspecified atom stereocenters. The minimum atomic E-state index is -1.66. The number of ether oxygens (including phenoxy) is 2. The zero-order valence-electron chi connectivity index (χ0n) is 15.2. The van der Waals surface area contributed by atoms with Gasteiger partial charge in [-0.15, -0.1) is 0 Å². The molecule has 1 aromatic carbocycles. The predicted molar refractivity (Wildman–Crippen MR) is 100 cm³/mol. The van der Waals surface area contributed by atoms with Crippen LogP contribution in [0.1, 0.15) is 34.6 Å². The molecule has 0 saturated heterocycles. The number of esters is 1. The van der Waals surface area contributed by atoms with Crippen LogP contribution in [0, 0.1) is 5.92 Å². The third kappa shape index (κ3) is 5.58. The van der Waals surface area contributed by atoms with Crippen molar-refractivity contribution in [2.45, 2.75) is 50.8 Å². The summed E-state index contributed by atoms with van der Waals surface area (Å²) in [7, 11) is -1.66. The van der Waals surface area contributed by atoms with E-state index >= 15 is 0 Å². The predicted octanol–water partition coefficient (Wildman–Crippen LogP) is 4.95. The van der Waals surface area contributed by atoms with E-state index < -0.39 is 25.0 Å². The first-order chi connectivity index (χ1) is 11.4. The van der Waals surface area contributed by atoms with Crippen LogP contribution in [0.3, 0.4) is 0 Å². The van der Waals surface area contributed by atoms with Gasteiger partial charge in [-0.3, -0.25) is 0 Å². The number of rotatable bonds is 10. The summed E-state index contributed by atoms with van der Waals surface area (Å²) < 4.78 is 24.0. The molecule has 0 radical (unpaired) electrons. The largest absolute Gasteiger partial charge is 0.464 e. The van der Waals surface area contributed by atoms with E-state index in [-0.39, 0.29) is 12.5 Å². The molecule has 1 rings (SSSR count). The van der Waals surface area contributed by atoms with Crippen LogP contribution in [-0.4, -0.2) is 35.9 Å². The van der Waals surface area contributed by atoms with Gasteiger partial charge < -0.3 is 9.47 Å². The molecule has 0 amide bonds. The molecular weight excluding hydrogens is 343 g/mol. The van der Waals surface area contributed by atoms with Gasteiger partial charge >= 0.3 is 13.8 Å². The molecule has 0 saturated carbocycles. The average Bonchev–Trinajstić information content (AvgIpc) is 2.54. The molecular formula is C18H28O4PS+. The van der Waals surface area contributed by atoms with E-state index in [1.54, 1.807) is 25.6 Å². The topological polar surface area (TPSA) is 52.6 Å². The summed E-state index contributed by atoms with van der Waals surface area (Å²) in [6.07, 6.45) is 0. The molecule has 6 heteroatoms. The van der Waals surface area contributed by atoms with Crippen molar-refractivity contribution < 1.29 is 18.8 Å². The van der Waals surface area contributed by atoms with Crippen LogP contribution in [0.5, 0.6) is 0 Å². The second-order valence-corrected chi connectivity index (χ2v) is 9.14. The second-order valence-electron chi connectivity index (χ2n) is 5.95. The van der Waals surface area contributed by atoms with Gasteiger partial charge in [-0.25, -0.2) is 4.79 Å². The molecule has 0 spiro atoms. The number of thioether (sulfide) groups is 1. The van der Waals surface area contributed by atoms with E-state index in [1.165, 1.54) is 0 Å². The van der Waals surface area contributed by atoms with Crippen LogP contribution in [0.25, 0.3) is 0 Å². The molecule has 1 aromatic rings. The van der Waals surface area contributed by atoms with E-state index in [1.807, 2.05) is 51.1 Å². The first kappa shape index (κ1) is 21.1. The Morgan fingerprint density at radius 1 is 1.21 bits per heavy atom. The van der Waals surface area contributed by atoms with Gasteiger partial charge in [0.1, 0.15) is 0 Å². The summed E-state index contributed by atoms with van der Waals surface area (Å²) in [6, 6.07) is 9.85. The molecule has 0 heterocycles. The van der Waals surface area contributed by atoms with Gasteiger partial charge in [0, 0.05) is 17.4 Å². The maximum absolute atomic E-state index is 13.0. The van der Waals surface area contributed by atoms with Crippen molar-refractivity contribution in [1.29, 1.82) is 0 Å². The highest BCUT2D eigenvalue weighted by Gasteiger charge is 2.55. The Labute approximate surface area is 150 Å². The fraction of sp³-hybridized carbons (Fsp3) is 0.611. The fourth-order valence-corrected chi connectivity index (χ4v) is 6.31. The lowest BCUT2D eigenvalue weighted by molar-refractivity contribution is -0.170. The normalized spacial score (nSPS) is 15.7. The highest BCUT2D eigenvalue weighted by molar-refractivity contribution is 8.03. The number of carbonyl (C=O) groups is 1. The Balaban J connectivity index is 2.96. The molecule has 4 nitrogen and oxygen atoms in total. The van der Waals surface area contributed by atoms with Crippen molar-refractivity contribution in [3.63, 3.8) is 0 Å². The van der Waals surface area contributed by atoms with E-state index in [9.17, 15) is 9.36 Å². The second kappa shape index (κ2) is 10.2. The van der Waals surface area contributed by atoms with Crippen LogP contribution < -0.4 is 0 Å². The molecule has 0 N–H and O–H groups in total. The lowest BCUT2D eigenvalue weighted by Crippen LogP contribution is -2.51. The molecule has 3 atom stereocenters. The molecule has 0 fully saturated rings. The molecule has 0 aliphatic rings. The molecule has 0 aliphatic carbocycles. The maximum atomic E-state index is 13.0. The van der Waals surface area contributed by atoms with Crippen molar-refractivity contribution in [2.75, 3.05) is 18.7 Å². The standard InChI is InChI=1S/C18H28O4PS/c1-6-21-17(19)18(5,22-7-2)16(14(3)4)23(20)13-24-15-11-9-8-10-12-15/h8-12,14,16H,6-7,13H2,1-5H3/q+1. The average molecular weight is 371 g/mol. The minimum Gasteiger partial charge on any atom is -0.464 e. The third-order valence-corrected chi connectivity index (χ3v) is 7.58. The maximum Gasteiger partial charge on any atom is 0.356 e. The first-order valence-corrected chi connectivity index (χ1v) is 10.8. The van der Waals surface area contributed by atoms with Gasteiger partial charge in [0.25, 0.3) is 0 Å². The summed E-state index contributed by atoms with van der Waals surface area (Å²) >= 11 is 1.54. The van der Waals surface area contributed by atoms with Crippen LogP contribution in [-0.2, 0) is 18.8 Å². The van der Waals surface area contributed by atoms with E-state index in [4.69, 9.17) is 9.47 Å². The SMILES string of the molecule is CCOC(=O)C(C)(OCC)C(C(C)C)[P+](=O)CSc1ccccc1.